The third-order valence-corrected chi connectivity index (χ3v) is 3.96. The van der Waals surface area contributed by atoms with Gasteiger partial charge in [0.1, 0.15) is 24.2 Å². The maximum atomic E-state index is 11.3. The van der Waals surface area contributed by atoms with Crippen molar-refractivity contribution < 1.29 is 19.7 Å². The largest absolute Gasteiger partial charge is 0.507 e. The molecule has 5 heteroatoms. The quantitative estimate of drug-likeness (QED) is 0.685. The van der Waals surface area contributed by atoms with Crippen molar-refractivity contribution in [2.45, 2.75) is 26.5 Å². The molecule has 2 aromatic rings. The lowest BCUT2D eigenvalue weighted by Crippen LogP contribution is -2.35. The van der Waals surface area contributed by atoms with Gasteiger partial charge in [0.05, 0.1) is 5.56 Å². The molecule has 0 heterocycles. The molecule has 0 amide bonds. The molecule has 0 aliphatic rings. The summed E-state index contributed by atoms with van der Waals surface area (Å²) >= 11 is 0. The first-order valence-corrected chi connectivity index (χ1v) is 8.40. The highest BCUT2D eigenvalue weighted by Gasteiger charge is 2.13. The molecule has 5 nitrogen and oxygen atoms in total. The number of ether oxygens (including phenoxy) is 1. The van der Waals surface area contributed by atoms with Gasteiger partial charge in [0, 0.05) is 19.2 Å². The number of carbonyl (C=O) groups is 1. The molecule has 1 atom stereocenters. The van der Waals surface area contributed by atoms with Crippen molar-refractivity contribution in [3.05, 3.63) is 59.7 Å². The second kappa shape index (κ2) is 9.20. The van der Waals surface area contributed by atoms with Crippen molar-refractivity contribution >= 4 is 5.78 Å². The van der Waals surface area contributed by atoms with Crippen molar-refractivity contribution in [1.82, 2.24) is 4.90 Å². The number of phenolic OH excluding ortho intramolecular Hbond substituents is 1. The van der Waals surface area contributed by atoms with Crippen LogP contribution in [0.1, 0.15) is 29.8 Å². The molecule has 0 aliphatic heterocycles. The van der Waals surface area contributed by atoms with Crippen LogP contribution in [0.5, 0.6) is 11.5 Å². The number of carbonyl (C=O) groups excluding carboxylic acids is 1. The van der Waals surface area contributed by atoms with E-state index in [4.69, 9.17) is 4.74 Å². The minimum absolute atomic E-state index is 0.112. The number of Topliss-reactive ketones (excluding diaryl/α,β-unsaturated/α-hetero) is 1. The zero-order valence-electron chi connectivity index (χ0n) is 14.7. The molecule has 2 aromatic carbocycles. The highest BCUT2D eigenvalue weighted by Crippen LogP contribution is 2.24. The van der Waals surface area contributed by atoms with Crippen molar-refractivity contribution in [2.75, 3.05) is 19.7 Å². The molecular weight excluding hydrogens is 318 g/mol. The number of phenols is 1. The summed E-state index contributed by atoms with van der Waals surface area (Å²) < 4.78 is 5.53. The van der Waals surface area contributed by atoms with E-state index < -0.39 is 6.10 Å². The van der Waals surface area contributed by atoms with Gasteiger partial charge < -0.3 is 14.9 Å². The molecule has 0 unspecified atom stereocenters. The second-order valence-electron chi connectivity index (χ2n) is 6.01. The van der Waals surface area contributed by atoms with Crippen LogP contribution >= 0.6 is 0 Å². The number of aliphatic hydroxyl groups is 1. The van der Waals surface area contributed by atoms with Gasteiger partial charge in [-0.1, -0.05) is 37.3 Å². The summed E-state index contributed by atoms with van der Waals surface area (Å²) in [4.78, 5) is 13.4. The van der Waals surface area contributed by atoms with Gasteiger partial charge in [0.15, 0.2) is 5.78 Å². The Hall–Kier alpha value is -2.37. The van der Waals surface area contributed by atoms with Gasteiger partial charge in [-0.3, -0.25) is 9.69 Å². The van der Waals surface area contributed by atoms with Gasteiger partial charge in [-0.25, -0.2) is 0 Å². The zero-order chi connectivity index (χ0) is 18.2. The van der Waals surface area contributed by atoms with Gasteiger partial charge in [0.2, 0.25) is 0 Å². The van der Waals surface area contributed by atoms with E-state index in [9.17, 15) is 15.0 Å². The summed E-state index contributed by atoms with van der Waals surface area (Å²) in [6.07, 6.45) is -0.654. The average molecular weight is 343 g/mol. The molecule has 2 rings (SSSR count). The number of benzene rings is 2. The SMILES string of the molecule is CCN(Cc1ccccc1)C[C@@H](O)COc1ccc(C(C)=O)c(O)c1. The molecule has 0 radical (unpaired) electrons. The summed E-state index contributed by atoms with van der Waals surface area (Å²) in [5.74, 6) is 0.106. The van der Waals surface area contributed by atoms with Gasteiger partial charge in [-0.05, 0) is 31.2 Å². The zero-order valence-corrected chi connectivity index (χ0v) is 14.7. The fourth-order valence-electron chi connectivity index (χ4n) is 2.59. The molecule has 0 aromatic heterocycles. The summed E-state index contributed by atoms with van der Waals surface area (Å²) in [7, 11) is 0. The first-order chi connectivity index (χ1) is 12.0. The van der Waals surface area contributed by atoms with Gasteiger partial charge >= 0.3 is 0 Å². The van der Waals surface area contributed by atoms with Gasteiger partial charge in [-0.2, -0.15) is 0 Å². The van der Waals surface area contributed by atoms with Crippen molar-refractivity contribution in [3.63, 3.8) is 0 Å². The van der Waals surface area contributed by atoms with Crippen molar-refractivity contribution in [1.29, 1.82) is 0 Å². The lowest BCUT2D eigenvalue weighted by Gasteiger charge is -2.23. The minimum Gasteiger partial charge on any atom is -0.507 e. The number of aromatic hydroxyl groups is 1. The normalized spacial score (nSPS) is 12.2. The smallest absolute Gasteiger partial charge is 0.163 e. The Morgan fingerprint density at radius 3 is 2.52 bits per heavy atom. The molecule has 0 saturated heterocycles. The molecule has 25 heavy (non-hydrogen) atoms. The minimum atomic E-state index is -0.654. The van der Waals surface area contributed by atoms with Crippen LogP contribution in [0.2, 0.25) is 0 Å². The Morgan fingerprint density at radius 1 is 1.20 bits per heavy atom. The fourth-order valence-corrected chi connectivity index (χ4v) is 2.59. The summed E-state index contributed by atoms with van der Waals surface area (Å²) in [6.45, 7) is 5.63. The number of nitrogens with zero attached hydrogens (tertiary/aromatic N) is 1. The highest BCUT2D eigenvalue weighted by molar-refractivity contribution is 5.96. The Morgan fingerprint density at radius 2 is 1.92 bits per heavy atom. The van der Waals surface area contributed by atoms with Gasteiger partial charge in [-0.15, -0.1) is 0 Å². The monoisotopic (exact) mass is 343 g/mol. The topological polar surface area (TPSA) is 70.0 Å². The van der Waals surface area contributed by atoms with Crippen LogP contribution in [-0.4, -0.2) is 46.7 Å². The van der Waals surface area contributed by atoms with E-state index in [0.717, 1.165) is 13.1 Å². The van der Waals surface area contributed by atoms with Crippen LogP contribution in [0.4, 0.5) is 0 Å². The maximum Gasteiger partial charge on any atom is 0.163 e. The molecule has 2 N–H and O–H groups in total. The lowest BCUT2D eigenvalue weighted by atomic mass is 10.1. The molecule has 0 aliphatic carbocycles. The molecule has 134 valence electrons. The molecule has 0 fully saturated rings. The van der Waals surface area contributed by atoms with Crippen LogP contribution in [0.25, 0.3) is 0 Å². The average Bonchev–Trinajstić information content (AvgIpc) is 2.60. The van der Waals surface area contributed by atoms with Crippen LogP contribution in [0.3, 0.4) is 0 Å². The molecule has 0 saturated carbocycles. The second-order valence-corrected chi connectivity index (χ2v) is 6.01. The van der Waals surface area contributed by atoms with Crippen molar-refractivity contribution in [2.24, 2.45) is 0 Å². The first kappa shape index (κ1) is 19.0. The third-order valence-electron chi connectivity index (χ3n) is 3.96. The fraction of sp³-hybridized carbons (Fsp3) is 0.350. The number of aliphatic hydroxyl groups excluding tert-OH is 1. The predicted octanol–water partition coefficient (Wildman–Crippen LogP) is 2.86. The lowest BCUT2D eigenvalue weighted by molar-refractivity contribution is 0.0673. The van der Waals surface area contributed by atoms with Crippen LogP contribution < -0.4 is 4.74 Å². The Bertz CT molecular complexity index is 687. The molecule has 0 bridgehead atoms. The Kier molecular flexibility index (Phi) is 6.98. The summed E-state index contributed by atoms with van der Waals surface area (Å²) in [6, 6.07) is 14.6. The van der Waals surface area contributed by atoms with Crippen LogP contribution in [0, 0.1) is 0 Å². The summed E-state index contributed by atoms with van der Waals surface area (Å²) in [5, 5.41) is 20.0. The number of hydrogen-bond acceptors (Lipinski definition) is 5. The maximum absolute atomic E-state index is 11.3. The van der Waals surface area contributed by atoms with E-state index in [1.54, 1.807) is 6.07 Å². The van der Waals surface area contributed by atoms with Crippen LogP contribution in [0.15, 0.2) is 48.5 Å². The van der Waals surface area contributed by atoms with E-state index in [-0.39, 0.29) is 23.7 Å². The van der Waals surface area contributed by atoms with Crippen molar-refractivity contribution in [3.8, 4) is 11.5 Å². The van der Waals surface area contributed by atoms with E-state index in [2.05, 4.69) is 24.0 Å². The van der Waals surface area contributed by atoms with Gasteiger partial charge in [0.25, 0.3) is 0 Å². The highest BCUT2D eigenvalue weighted by atomic mass is 16.5. The summed E-state index contributed by atoms with van der Waals surface area (Å²) in [5.41, 5.74) is 1.45. The molecular formula is C20H25NO4. The number of rotatable bonds is 9. The Labute approximate surface area is 148 Å². The van der Waals surface area contributed by atoms with E-state index >= 15 is 0 Å². The van der Waals surface area contributed by atoms with Crippen LogP contribution in [-0.2, 0) is 6.54 Å². The molecule has 0 spiro atoms. The standard InChI is InChI=1S/C20H25NO4/c1-3-21(12-16-7-5-4-6-8-16)13-17(23)14-25-18-9-10-19(15(2)22)20(24)11-18/h4-11,17,23-24H,3,12-14H2,1-2H3/t17-/m1/s1. The van der Waals surface area contributed by atoms with E-state index in [1.807, 2.05) is 18.2 Å². The first-order valence-electron chi connectivity index (χ1n) is 8.40. The number of ketones is 1. The van der Waals surface area contributed by atoms with E-state index in [0.29, 0.717) is 12.3 Å². The van der Waals surface area contributed by atoms with E-state index in [1.165, 1.54) is 24.6 Å². The third kappa shape index (κ3) is 5.89. The Balaban J connectivity index is 1.85. The number of hydrogen-bond donors (Lipinski definition) is 2. The number of likely N-dealkylation sites (N-methyl/N-ethyl adjacent to an activating group) is 1. The predicted molar refractivity (Wildman–Crippen MR) is 97.0 cm³/mol.